The molecular weight excluding hydrogens is 330 g/mol. The molecule has 10 heteroatoms. The van der Waals surface area contributed by atoms with Crippen molar-refractivity contribution in [2.24, 2.45) is 5.73 Å². The Bertz CT molecular complexity index is 816. The van der Waals surface area contributed by atoms with Crippen LogP contribution in [-0.2, 0) is 6.18 Å². The standard InChI is InChI=1S/C8H6F4N2O.C6H5N3/c9-5-2-1-4(8(10,11)12)3-6(5)14-7(13)15;1-2-8-6-5(1)3-7-4-9-6/h1-3H,(H3,13,14,15);1-4H,(H,7,8,9). The molecule has 0 aliphatic carbocycles. The van der Waals surface area contributed by atoms with E-state index < -0.39 is 29.3 Å². The van der Waals surface area contributed by atoms with E-state index in [9.17, 15) is 22.4 Å². The highest BCUT2D eigenvalue weighted by molar-refractivity contribution is 5.88. The summed E-state index contributed by atoms with van der Waals surface area (Å²) >= 11 is 0. The van der Waals surface area contributed by atoms with Crippen molar-refractivity contribution in [3.8, 4) is 0 Å². The van der Waals surface area contributed by atoms with E-state index in [0.29, 0.717) is 18.2 Å². The summed E-state index contributed by atoms with van der Waals surface area (Å²) in [5.74, 6) is -0.984. The van der Waals surface area contributed by atoms with Gasteiger partial charge in [-0.3, -0.25) is 0 Å². The van der Waals surface area contributed by atoms with Crippen LogP contribution < -0.4 is 11.1 Å². The van der Waals surface area contributed by atoms with Crippen molar-refractivity contribution in [2.45, 2.75) is 6.18 Å². The Labute approximate surface area is 132 Å². The van der Waals surface area contributed by atoms with E-state index in [0.717, 1.165) is 11.0 Å². The number of hydrogen-bond donors (Lipinski definition) is 3. The maximum Gasteiger partial charge on any atom is 0.416 e. The van der Waals surface area contributed by atoms with Gasteiger partial charge < -0.3 is 16.0 Å². The number of hydrogen-bond acceptors (Lipinski definition) is 3. The van der Waals surface area contributed by atoms with Crippen molar-refractivity contribution in [1.29, 1.82) is 0 Å². The minimum Gasteiger partial charge on any atom is -0.351 e. The summed E-state index contributed by atoms with van der Waals surface area (Å²) in [6.07, 6.45) is 0.554. The van der Waals surface area contributed by atoms with Gasteiger partial charge in [-0.05, 0) is 24.3 Å². The van der Waals surface area contributed by atoms with E-state index in [1.807, 2.05) is 12.3 Å². The molecule has 3 rings (SSSR count). The summed E-state index contributed by atoms with van der Waals surface area (Å²) in [5, 5.41) is 2.80. The van der Waals surface area contributed by atoms with Crippen molar-refractivity contribution < 1.29 is 22.4 Å². The summed E-state index contributed by atoms with van der Waals surface area (Å²) in [6.45, 7) is 0. The third-order valence-electron chi connectivity index (χ3n) is 2.78. The number of aromatic amines is 1. The predicted octanol–water partition coefficient (Wildman–Crippen LogP) is 3.29. The lowest BCUT2D eigenvalue weighted by atomic mass is 10.2. The molecule has 0 aliphatic heterocycles. The maximum atomic E-state index is 12.9. The number of nitrogens with two attached hydrogens (primary N) is 1. The number of urea groups is 1. The molecule has 4 N–H and O–H groups in total. The van der Waals surface area contributed by atoms with Crippen LogP contribution in [0.3, 0.4) is 0 Å². The smallest absolute Gasteiger partial charge is 0.351 e. The minimum atomic E-state index is -4.60. The van der Waals surface area contributed by atoms with Crippen molar-refractivity contribution >= 4 is 22.8 Å². The zero-order chi connectivity index (χ0) is 17.7. The highest BCUT2D eigenvalue weighted by atomic mass is 19.4. The topological polar surface area (TPSA) is 96.7 Å². The molecule has 2 amide bonds. The lowest BCUT2D eigenvalue weighted by molar-refractivity contribution is -0.137. The van der Waals surface area contributed by atoms with Crippen molar-refractivity contribution in [1.82, 2.24) is 15.0 Å². The zero-order valence-corrected chi connectivity index (χ0v) is 11.9. The molecule has 3 aromatic rings. The number of rotatable bonds is 1. The number of nitrogens with one attached hydrogen (secondary N) is 2. The first-order chi connectivity index (χ1) is 11.3. The Morgan fingerprint density at radius 2 is 2.00 bits per heavy atom. The van der Waals surface area contributed by atoms with Crippen LogP contribution in [0.1, 0.15) is 5.56 Å². The molecule has 0 radical (unpaired) electrons. The average molecular weight is 341 g/mol. The molecule has 2 aromatic heterocycles. The van der Waals surface area contributed by atoms with Gasteiger partial charge >= 0.3 is 12.2 Å². The Morgan fingerprint density at radius 3 is 2.62 bits per heavy atom. The highest BCUT2D eigenvalue weighted by Gasteiger charge is 2.31. The second-order valence-electron chi connectivity index (χ2n) is 4.49. The highest BCUT2D eigenvalue weighted by Crippen LogP contribution is 2.31. The van der Waals surface area contributed by atoms with Crippen LogP contribution in [0, 0.1) is 5.82 Å². The van der Waals surface area contributed by atoms with Gasteiger partial charge in [-0.1, -0.05) is 0 Å². The second kappa shape index (κ2) is 6.94. The Balaban J connectivity index is 0.000000194. The fourth-order valence-corrected chi connectivity index (χ4v) is 1.72. The molecule has 6 nitrogen and oxygen atoms in total. The van der Waals surface area contributed by atoms with E-state index in [2.05, 4.69) is 20.7 Å². The van der Waals surface area contributed by atoms with Crippen LogP contribution in [0.5, 0.6) is 0 Å². The number of fused-ring (bicyclic) bond motifs is 1. The number of primary amides is 1. The summed E-state index contributed by atoms with van der Waals surface area (Å²) in [5.41, 5.74) is 3.89. The molecule has 2 heterocycles. The summed E-state index contributed by atoms with van der Waals surface area (Å²) in [6, 6.07) is 2.46. The molecular formula is C14H11F4N5O. The van der Waals surface area contributed by atoms with Crippen molar-refractivity contribution in [3.63, 3.8) is 0 Å². The number of carbonyl (C=O) groups excluding carboxylic acids is 1. The predicted molar refractivity (Wildman–Crippen MR) is 78.5 cm³/mol. The summed E-state index contributed by atoms with van der Waals surface area (Å²) in [4.78, 5) is 21.1. The van der Waals surface area contributed by atoms with Gasteiger partial charge in [0.2, 0.25) is 0 Å². The SMILES string of the molecule is NC(=O)Nc1cc(C(F)(F)F)ccc1F.c1ncc2cc[nH]c2n1. The van der Waals surface area contributed by atoms with E-state index in [1.54, 1.807) is 11.5 Å². The first kappa shape index (κ1) is 17.2. The number of halogens is 4. The number of nitrogens with zero attached hydrogens (tertiary/aromatic N) is 2. The summed E-state index contributed by atoms with van der Waals surface area (Å²) in [7, 11) is 0. The van der Waals surface area contributed by atoms with Crippen molar-refractivity contribution in [3.05, 3.63) is 54.4 Å². The van der Waals surface area contributed by atoms with Crippen LogP contribution >= 0.6 is 0 Å². The molecule has 0 spiro atoms. The van der Waals surface area contributed by atoms with E-state index in [-0.39, 0.29) is 0 Å². The fourth-order valence-electron chi connectivity index (χ4n) is 1.72. The van der Waals surface area contributed by atoms with Gasteiger partial charge in [-0.15, -0.1) is 0 Å². The number of H-pyrrole nitrogens is 1. The van der Waals surface area contributed by atoms with E-state index in [4.69, 9.17) is 0 Å². The van der Waals surface area contributed by atoms with Crippen LogP contribution in [0.4, 0.5) is 28.0 Å². The van der Waals surface area contributed by atoms with Gasteiger partial charge in [-0.2, -0.15) is 13.2 Å². The largest absolute Gasteiger partial charge is 0.416 e. The Kier molecular flexibility index (Phi) is 4.97. The van der Waals surface area contributed by atoms with Gasteiger partial charge in [0.15, 0.2) is 0 Å². The number of carbonyl (C=O) groups is 1. The molecule has 24 heavy (non-hydrogen) atoms. The number of alkyl halides is 3. The van der Waals surface area contributed by atoms with Crippen LogP contribution in [0.15, 0.2) is 43.0 Å². The molecule has 0 fully saturated rings. The van der Waals surface area contributed by atoms with Crippen LogP contribution in [0.2, 0.25) is 0 Å². The molecule has 0 unspecified atom stereocenters. The fraction of sp³-hybridized carbons (Fsp3) is 0.0714. The van der Waals surface area contributed by atoms with Crippen LogP contribution in [0.25, 0.3) is 11.0 Å². The average Bonchev–Trinajstić information content (AvgIpc) is 2.97. The third-order valence-corrected chi connectivity index (χ3v) is 2.78. The van der Waals surface area contributed by atoms with Gasteiger partial charge in [0.05, 0.1) is 11.3 Å². The zero-order valence-electron chi connectivity index (χ0n) is 11.9. The molecule has 126 valence electrons. The van der Waals surface area contributed by atoms with Gasteiger partial charge in [-0.25, -0.2) is 19.2 Å². The number of aromatic nitrogens is 3. The lowest BCUT2D eigenvalue weighted by Gasteiger charge is -2.09. The van der Waals surface area contributed by atoms with Crippen molar-refractivity contribution in [2.75, 3.05) is 5.32 Å². The van der Waals surface area contributed by atoms with E-state index in [1.165, 1.54) is 6.33 Å². The molecule has 0 saturated heterocycles. The lowest BCUT2D eigenvalue weighted by Crippen LogP contribution is -2.20. The second-order valence-corrected chi connectivity index (χ2v) is 4.49. The monoisotopic (exact) mass is 341 g/mol. The third kappa shape index (κ3) is 4.41. The van der Waals surface area contributed by atoms with Crippen LogP contribution in [-0.4, -0.2) is 21.0 Å². The Hall–Kier alpha value is -3.17. The number of benzene rings is 1. The van der Waals surface area contributed by atoms with Gasteiger partial charge in [0, 0.05) is 17.8 Å². The molecule has 1 aromatic carbocycles. The van der Waals surface area contributed by atoms with Gasteiger partial charge in [0.25, 0.3) is 0 Å². The summed E-state index contributed by atoms with van der Waals surface area (Å²) < 4.78 is 49.4. The molecule has 0 aliphatic rings. The first-order valence-corrected chi connectivity index (χ1v) is 6.43. The maximum absolute atomic E-state index is 12.9. The van der Waals surface area contributed by atoms with Gasteiger partial charge in [0.1, 0.15) is 17.8 Å². The quantitative estimate of drug-likeness (QED) is 0.593. The molecule has 0 bridgehead atoms. The minimum absolute atomic E-state index is 0.472. The number of anilines is 1. The molecule has 0 saturated carbocycles. The number of amides is 2. The first-order valence-electron chi connectivity index (χ1n) is 6.43. The Morgan fingerprint density at radius 1 is 1.25 bits per heavy atom. The molecule has 0 atom stereocenters. The van der Waals surface area contributed by atoms with E-state index >= 15 is 0 Å². The normalized spacial score (nSPS) is 10.8.